The maximum absolute atomic E-state index is 12.5. The summed E-state index contributed by atoms with van der Waals surface area (Å²) in [5.41, 5.74) is -0.175. The second-order valence-electron chi connectivity index (χ2n) is 6.48. The van der Waals surface area contributed by atoms with E-state index in [4.69, 9.17) is 0 Å². The second-order valence-corrected chi connectivity index (χ2v) is 7.42. The highest BCUT2D eigenvalue weighted by atomic mass is 32.2. The number of piperidine rings is 1. The Labute approximate surface area is 130 Å². The molecule has 1 fully saturated rings. The van der Waals surface area contributed by atoms with Crippen molar-refractivity contribution in [3.05, 3.63) is 0 Å². The van der Waals surface area contributed by atoms with Crippen LogP contribution in [0, 0.1) is 0 Å². The summed E-state index contributed by atoms with van der Waals surface area (Å²) in [5, 5.41) is 12.5. The lowest BCUT2D eigenvalue weighted by atomic mass is 10.0. The predicted octanol–water partition coefficient (Wildman–Crippen LogP) is 2.31. The Morgan fingerprint density at radius 2 is 2.14 bits per heavy atom. The largest absolute Gasteiger partial charge is 0.339 e. The molecule has 0 aliphatic carbocycles. The Hall–Kier alpha value is -1.11. The number of rotatable bonds is 4. The molecular formula is C14H25N5OS. The summed E-state index contributed by atoms with van der Waals surface area (Å²) in [5.74, 6) is 0.613. The fourth-order valence-corrected chi connectivity index (χ4v) is 3.60. The number of nitrogens with zero attached hydrogens (tertiary/aromatic N) is 5. The minimum atomic E-state index is -0.175. The van der Waals surface area contributed by atoms with Crippen molar-refractivity contribution in [3.63, 3.8) is 0 Å². The van der Waals surface area contributed by atoms with Crippen LogP contribution in [0.4, 0.5) is 0 Å². The van der Waals surface area contributed by atoms with Gasteiger partial charge >= 0.3 is 0 Å². The summed E-state index contributed by atoms with van der Waals surface area (Å²) in [4.78, 5) is 14.5. The first-order valence-electron chi connectivity index (χ1n) is 7.64. The lowest BCUT2D eigenvalue weighted by molar-refractivity contribution is -0.132. The summed E-state index contributed by atoms with van der Waals surface area (Å²) in [6.45, 7) is 9.19. The highest BCUT2D eigenvalue weighted by Crippen LogP contribution is 2.24. The molecule has 6 nitrogen and oxygen atoms in total. The van der Waals surface area contributed by atoms with E-state index in [1.807, 2.05) is 25.7 Å². The lowest BCUT2D eigenvalue weighted by Crippen LogP contribution is -2.44. The van der Waals surface area contributed by atoms with Gasteiger partial charge in [0.1, 0.15) is 0 Å². The van der Waals surface area contributed by atoms with E-state index in [-0.39, 0.29) is 11.4 Å². The number of thioether (sulfide) groups is 1. The van der Waals surface area contributed by atoms with Crippen LogP contribution in [0.2, 0.25) is 0 Å². The molecule has 1 aliphatic heterocycles. The summed E-state index contributed by atoms with van der Waals surface area (Å²) in [7, 11) is 0. The van der Waals surface area contributed by atoms with Gasteiger partial charge in [0.2, 0.25) is 11.1 Å². The van der Waals surface area contributed by atoms with Crippen LogP contribution in [0.1, 0.15) is 53.4 Å². The summed E-state index contributed by atoms with van der Waals surface area (Å²) >= 11 is 1.43. The van der Waals surface area contributed by atoms with E-state index in [2.05, 4.69) is 22.4 Å². The first-order chi connectivity index (χ1) is 9.93. The van der Waals surface area contributed by atoms with Crippen molar-refractivity contribution >= 4 is 17.7 Å². The SMILES string of the molecule is CCC1CCCCN1C(=O)CSc1nnnn1C(C)(C)C. The van der Waals surface area contributed by atoms with E-state index < -0.39 is 0 Å². The van der Waals surface area contributed by atoms with Gasteiger partial charge in [0, 0.05) is 12.6 Å². The van der Waals surface area contributed by atoms with Crippen LogP contribution in [-0.2, 0) is 10.3 Å². The Balaban J connectivity index is 1.96. The zero-order chi connectivity index (χ0) is 15.5. The Kier molecular flexibility index (Phi) is 5.24. The van der Waals surface area contributed by atoms with E-state index in [9.17, 15) is 4.79 Å². The van der Waals surface area contributed by atoms with Gasteiger partial charge in [-0.1, -0.05) is 18.7 Å². The van der Waals surface area contributed by atoms with Gasteiger partial charge in [0.25, 0.3) is 0 Å². The van der Waals surface area contributed by atoms with Crippen LogP contribution < -0.4 is 0 Å². The van der Waals surface area contributed by atoms with Crippen molar-refractivity contribution < 1.29 is 4.79 Å². The molecule has 1 atom stereocenters. The number of likely N-dealkylation sites (tertiary alicyclic amines) is 1. The number of tetrazole rings is 1. The van der Waals surface area contributed by atoms with Crippen LogP contribution in [0.15, 0.2) is 5.16 Å². The highest BCUT2D eigenvalue weighted by Gasteiger charge is 2.26. The Morgan fingerprint density at radius 3 is 2.81 bits per heavy atom. The molecule has 21 heavy (non-hydrogen) atoms. The van der Waals surface area contributed by atoms with Gasteiger partial charge < -0.3 is 4.90 Å². The molecule has 1 aliphatic rings. The molecule has 0 N–H and O–H groups in total. The van der Waals surface area contributed by atoms with E-state index in [1.165, 1.54) is 18.2 Å². The van der Waals surface area contributed by atoms with E-state index in [0.717, 1.165) is 25.8 Å². The number of aromatic nitrogens is 4. The van der Waals surface area contributed by atoms with Crippen molar-refractivity contribution in [2.75, 3.05) is 12.3 Å². The van der Waals surface area contributed by atoms with Gasteiger partial charge in [0.15, 0.2) is 0 Å². The van der Waals surface area contributed by atoms with Crippen molar-refractivity contribution in [2.45, 2.75) is 70.1 Å². The zero-order valence-corrected chi connectivity index (χ0v) is 14.2. The molecule has 0 aromatic carbocycles. The molecule has 0 saturated carbocycles. The van der Waals surface area contributed by atoms with Gasteiger partial charge in [0.05, 0.1) is 11.3 Å². The fourth-order valence-electron chi connectivity index (χ4n) is 2.65. The maximum Gasteiger partial charge on any atom is 0.233 e. The Morgan fingerprint density at radius 1 is 1.38 bits per heavy atom. The van der Waals surface area contributed by atoms with Crippen LogP contribution >= 0.6 is 11.8 Å². The standard InChI is InChI=1S/C14H25N5OS/c1-5-11-8-6-7-9-18(11)12(20)10-21-13-15-16-17-19(13)14(2,3)4/h11H,5-10H2,1-4H3. The van der Waals surface area contributed by atoms with Gasteiger partial charge in [-0.15, -0.1) is 5.10 Å². The number of carbonyl (C=O) groups excluding carboxylic acids is 1. The molecule has 0 spiro atoms. The molecule has 2 heterocycles. The average Bonchev–Trinajstić information content (AvgIpc) is 2.93. The van der Waals surface area contributed by atoms with Gasteiger partial charge in [-0.2, -0.15) is 0 Å². The number of amides is 1. The van der Waals surface area contributed by atoms with E-state index >= 15 is 0 Å². The number of hydrogen-bond donors (Lipinski definition) is 0. The highest BCUT2D eigenvalue weighted by molar-refractivity contribution is 7.99. The molecular weight excluding hydrogens is 286 g/mol. The summed E-state index contributed by atoms with van der Waals surface area (Å²) in [6, 6.07) is 0.408. The van der Waals surface area contributed by atoms with Crippen molar-refractivity contribution in [1.29, 1.82) is 0 Å². The molecule has 0 bridgehead atoms. The fraction of sp³-hybridized carbons (Fsp3) is 0.857. The normalized spacial score (nSPS) is 19.8. The smallest absolute Gasteiger partial charge is 0.233 e. The monoisotopic (exact) mass is 311 g/mol. The Bertz CT molecular complexity index is 482. The third-order valence-corrected chi connectivity index (χ3v) is 4.72. The zero-order valence-electron chi connectivity index (χ0n) is 13.4. The summed E-state index contributed by atoms with van der Waals surface area (Å²) < 4.78 is 1.78. The van der Waals surface area contributed by atoms with Gasteiger partial charge in [-0.3, -0.25) is 4.79 Å². The van der Waals surface area contributed by atoms with E-state index in [1.54, 1.807) is 4.68 Å². The molecule has 1 amide bonds. The van der Waals surface area contributed by atoms with Crippen LogP contribution in [0.25, 0.3) is 0 Å². The molecule has 1 saturated heterocycles. The van der Waals surface area contributed by atoms with Crippen molar-refractivity contribution in [1.82, 2.24) is 25.1 Å². The van der Waals surface area contributed by atoms with E-state index in [0.29, 0.717) is 17.0 Å². The van der Waals surface area contributed by atoms with Crippen LogP contribution in [0.3, 0.4) is 0 Å². The first kappa shape index (κ1) is 16.3. The molecule has 1 aromatic rings. The quantitative estimate of drug-likeness (QED) is 0.798. The third kappa shape index (κ3) is 3.96. The minimum Gasteiger partial charge on any atom is -0.339 e. The number of hydrogen-bond acceptors (Lipinski definition) is 5. The summed E-state index contributed by atoms with van der Waals surface area (Å²) in [6.07, 6.45) is 4.52. The first-order valence-corrected chi connectivity index (χ1v) is 8.63. The average molecular weight is 311 g/mol. The minimum absolute atomic E-state index is 0.175. The van der Waals surface area contributed by atoms with Crippen LogP contribution in [0.5, 0.6) is 0 Å². The van der Waals surface area contributed by atoms with Crippen molar-refractivity contribution in [2.24, 2.45) is 0 Å². The molecule has 7 heteroatoms. The number of carbonyl (C=O) groups is 1. The lowest BCUT2D eigenvalue weighted by Gasteiger charge is -2.35. The molecule has 2 rings (SSSR count). The molecule has 0 radical (unpaired) electrons. The predicted molar refractivity (Wildman–Crippen MR) is 83.2 cm³/mol. The van der Waals surface area contributed by atoms with Gasteiger partial charge in [-0.25, -0.2) is 4.68 Å². The molecule has 118 valence electrons. The third-order valence-electron chi connectivity index (χ3n) is 3.82. The molecule has 1 unspecified atom stereocenters. The van der Waals surface area contributed by atoms with Crippen LogP contribution in [-0.4, -0.2) is 49.4 Å². The topological polar surface area (TPSA) is 63.9 Å². The molecule has 1 aromatic heterocycles. The maximum atomic E-state index is 12.5. The van der Waals surface area contributed by atoms with Gasteiger partial charge in [-0.05, 0) is 56.9 Å². The van der Waals surface area contributed by atoms with Crippen molar-refractivity contribution in [3.8, 4) is 0 Å². The second kappa shape index (κ2) is 6.77.